The zero-order valence-corrected chi connectivity index (χ0v) is 15.9. The average molecular weight is 397 g/mol. The molecule has 0 fully saturated rings. The molecule has 0 atom stereocenters. The molecule has 0 saturated heterocycles. The van der Waals surface area contributed by atoms with Crippen LogP contribution in [0.25, 0.3) is 11.0 Å². The van der Waals surface area contributed by atoms with Crippen molar-refractivity contribution >= 4 is 22.8 Å². The Labute approximate surface area is 166 Å². The third kappa shape index (κ3) is 4.73. The minimum absolute atomic E-state index is 0.141. The number of hydrogen-bond acceptors (Lipinski definition) is 7. The molecule has 150 valence electrons. The summed E-state index contributed by atoms with van der Waals surface area (Å²) in [4.78, 5) is 36.0. The average Bonchev–Trinajstić information content (AvgIpc) is 2.74. The fraction of sp³-hybridized carbons (Fsp3) is 0.190. The predicted molar refractivity (Wildman–Crippen MR) is 104 cm³/mol. The molecule has 1 aromatic heterocycles. The summed E-state index contributed by atoms with van der Waals surface area (Å²) in [6.45, 7) is -0.470. The van der Waals surface area contributed by atoms with Gasteiger partial charge in [-0.2, -0.15) is 0 Å². The summed E-state index contributed by atoms with van der Waals surface area (Å²) in [6.07, 6.45) is 0. The van der Waals surface area contributed by atoms with Crippen LogP contribution in [-0.2, 0) is 16.1 Å². The van der Waals surface area contributed by atoms with E-state index in [1.807, 2.05) is 0 Å². The number of esters is 1. The summed E-state index contributed by atoms with van der Waals surface area (Å²) in [5, 5.41) is 3.10. The van der Waals surface area contributed by atoms with Gasteiger partial charge in [0.05, 0.1) is 19.8 Å². The van der Waals surface area contributed by atoms with Crippen molar-refractivity contribution in [1.82, 2.24) is 5.32 Å². The van der Waals surface area contributed by atoms with Gasteiger partial charge in [-0.05, 0) is 24.3 Å². The second-order valence-corrected chi connectivity index (χ2v) is 6.00. The first-order chi connectivity index (χ1) is 14.0. The molecule has 0 spiro atoms. The van der Waals surface area contributed by atoms with E-state index >= 15 is 0 Å². The Balaban J connectivity index is 1.64. The highest BCUT2D eigenvalue weighted by atomic mass is 16.5. The van der Waals surface area contributed by atoms with Crippen molar-refractivity contribution in [3.05, 3.63) is 70.1 Å². The van der Waals surface area contributed by atoms with E-state index in [0.717, 1.165) is 0 Å². The minimum Gasteiger partial charge on any atom is -0.497 e. The molecule has 0 aliphatic heterocycles. The normalized spacial score (nSPS) is 10.4. The molecular weight excluding hydrogens is 378 g/mol. The molecule has 0 aliphatic carbocycles. The van der Waals surface area contributed by atoms with Crippen LogP contribution in [0.4, 0.5) is 0 Å². The molecule has 3 rings (SSSR count). The predicted octanol–water partition coefficient (Wildman–Crippen LogP) is 2.28. The van der Waals surface area contributed by atoms with Gasteiger partial charge in [0.15, 0.2) is 0 Å². The molecule has 0 aliphatic rings. The highest BCUT2D eigenvalue weighted by Crippen LogP contribution is 2.23. The van der Waals surface area contributed by atoms with Crippen molar-refractivity contribution in [2.24, 2.45) is 0 Å². The maximum atomic E-state index is 12.2. The molecule has 0 unspecified atom stereocenters. The van der Waals surface area contributed by atoms with Gasteiger partial charge in [-0.1, -0.05) is 12.1 Å². The smallest absolute Gasteiger partial charge is 0.336 e. The number of ether oxygens (including phenoxy) is 3. The maximum Gasteiger partial charge on any atom is 0.336 e. The van der Waals surface area contributed by atoms with E-state index in [4.69, 9.17) is 18.6 Å². The van der Waals surface area contributed by atoms with Gasteiger partial charge in [0.2, 0.25) is 0 Å². The van der Waals surface area contributed by atoms with Gasteiger partial charge >= 0.3 is 11.6 Å². The van der Waals surface area contributed by atoms with Crippen LogP contribution in [0.15, 0.2) is 57.7 Å². The third-order valence-electron chi connectivity index (χ3n) is 4.17. The van der Waals surface area contributed by atoms with E-state index in [9.17, 15) is 14.4 Å². The number of amides is 1. The first kappa shape index (κ1) is 19.9. The lowest BCUT2D eigenvalue weighted by Gasteiger charge is -2.10. The number of para-hydroxylation sites is 1. The number of hydrogen-bond donors (Lipinski definition) is 1. The zero-order valence-electron chi connectivity index (χ0n) is 15.9. The number of benzene rings is 2. The van der Waals surface area contributed by atoms with Crippen molar-refractivity contribution < 1.29 is 28.2 Å². The number of methoxy groups -OCH3 is 2. The molecule has 1 N–H and O–H groups in total. The lowest BCUT2D eigenvalue weighted by Crippen LogP contribution is -2.30. The van der Waals surface area contributed by atoms with E-state index < -0.39 is 17.5 Å². The van der Waals surface area contributed by atoms with Crippen LogP contribution in [0.2, 0.25) is 0 Å². The fourth-order valence-electron chi connectivity index (χ4n) is 2.75. The summed E-state index contributed by atoms with van der Waals surface area (Å²) < 4.78 is 20.6. The molecule has 3 aromatic rings. The van der Waals surface area contributed by atoms with Crippen molar-refractivity contribution in [3.63, 3.8) is 0 Å². The summed E-state index contributed by atoms with van der Waals surface area (Å²) in [6, 6.07) is 12.9. The third-order valence-corrected chi connectivity index (χ3v) is 4.17. The Morgan fingerprint density at radius 2 is 1.83 bits per heavy atom. The van der Waals surface area contributed by atoms with Gasteiger partial charge in [0.1, 0.15) is 30.2 Å². The van der Waals surface area contributed by atoms with E-state index in [1.165, 1.54) is 20.3 Å². The van der Waals surface area contributed by atoms with Crippen molar-refractivity contribution in [2.75, 3.05) is 20.8 Å². The molecule has 1 heterocycles. The van der Waals surface area contributed by atoms with Gasteiger partial charge in [0.25, 0.3) is 5.91 Å². The van der Waals surface area contributed by atoms with Gasteiger partial charge in [-0.3, -0.25) is 9.59 Å². The number of fused-ring (bicyclic) bond motifs is 1. The number of nitrogens with one attached hydrogen (secondary N) is 1. The molecule has 0 bridgehead atoms. The highest BCUT2D eigenvalue weighted by Gasteiger charge is 2.14. The Hall–Kier alpha value is -3.81. The standard InChI is InChI=1S/C21H19NO7/c1-26-14-7-8-15-13(9-19(23)29-18(15)10-14)12-28-20(24)11-22-21(25)16-5-3-4-6-17(16)27-2/h3-10H,11-12H2,1-2H3,(H,22,25). The second-order valence-electron chi connectivity index (χ2n) is 6.00. The topological polar surface area (TPSA) is 104 Å². The number of carbonyl (C=O) groups excluding carboxylic acids is 2. The van der Waals surface area contributed by atoms with Crippen LogP contribution < -0.4 is 20.4 Å². The van der Waals surface area contributed by atoms with Gasteiger partial charge in [-0.15, -0.1) is 0 Å². The van der Waals surface area contributed by atoms with Crippen molar-refractivity contribution in [3.8, 4) is 11.5 Å². The van der Waals surface area contributed by atoms with E-state index in [-0.39, 0.29) is 13.2 Å². The van der Waals surface area contributed by atoms with Crippen LogP contribution in [-0.4, -0.2) is 32.6 Å². The lowest BCUT2D eigenvalue weighted by molar-refractivity contribution is -0.143. The quantitative estimate of drug-likeness (QED) is 0.482. The zero-order chi connectivity index (χ0) is 20.8. The Morgan fingerprint density at radius 1 is 1.03 bits per heavy atom. The minimum atomic E-state index is -0.650. The molecule has 8 heteroatoms. The molecule has 2 aromatic carbocycles. The number of rotatable bonds is 7. The number of carbonyl (C=O) groups is 2. The molecule has 8 nitrogen and oxygen atoms in total. The largest absolute Gasteiger partial charge is 0.497 e. The molecular formula is C21H19NO7. The maximum absolute atomic E-state index is 12.2. The van der Waals surface area contributed by atoms with E-state index in [2.05, 4.69) is 5.32 Å². The Bertz CT molecular complexity index is 1100. The van der Waals surface area contributed by atoms with Crippen LogP contribution >= 0.6 is 0 Å². The SMILES string of the molecule is COc1ccc2c(COC(=O)CNC(=O)c3ccccc3OC)cc(=O)oc2c1. The first-order valence-electron chi connectivity index (χ1n) is 8.69. The van der Waals surface area contributed by atoms with Crippen LogP contribution in [0.1, 0.15) is 15.9 Å². The van der Waals surface area contributed by atoms with Gasteiger partial charge in [-0.25, -0.2) is 4.79 Å². The molecule has 29 heavy (non-hydrogen) atoms. The summed E-state index contributed by atoms with van der Waals surface area (Å²) in [5.41, 5.74) is 0.556. The van der Waals surface area contributed by atoms with Crippen LogP contribution in [0.3, 0.4) is 0 Å². The molecule has 0 radical (unpaired) electrons. The summed E-state index contributed by atoms with van der Waals surface area (Å²) >= 11 is 0. The van der Waals surface area contributed by atoms with E-state index in [1.54, 1.807) is 42.5 Å². The Morgan fingerprint density at radius 3 is 2.59 bits per heavy atom. The molecule has 1 amide bonds. The monoisotopic (exact) mass is 397 g/mol. The van der Waals surface area contributed by atoms with Gasteiger partial charge < -0.3 is 23.9 Å². The van der Waals surface area contributed by atoms with Gasteiger partial charge in [0, 0.05) is 23.1 Å². The highest BCUT2D eigenvalue weighted by molar-refractivity contribution is 5.98. The Kier molecular flexibility index (Phi) is 6.13. The first-order valence-corrected chi connectivity index (χ1v) is 8.69. The fourth-order valence-corrected chi connectivity index (χ4v) is 2.75. The second kappa shape index (κ2) is 8.92. The van der Waals surface area contributed by atoms with E-state index in [0.29, 0.717) is 33.6 Å². The van der Waals surface area contributed by atoms with Crippen LogP contribution in [0.5, 0.6) is 11.5 Å². The van der Waals surface area contributed by atoms with Crippen LogP contribution in [0, 0.1) is 0 Å². The lowest BCUT2D eigenvalue weighted by atomic mass is 10.1. The summed E-state index contributed by atoms with van der Waals surface area (Å²) in [5.74, 6) is -0.175. The summed E-state index contributed by atoms with van der Waals surface area (Å²) in [7, 11) is 2.96. The van der Waals surface area contributed by atoms with Crippen molar-refractivity contribution in [2.45, 2.75) is 6.61 Å². The molecule has 0 saturated carbocycles. The van der Waals surface area contributed by atoms with Crippen molar-refractivity contribution in [1.29, 1.82) is 0 Å².